The van der Waals surface area contributed by atoms with Crippen molar-refractivity contribution in [3.63, 3.8) is 0 Å². The Morgan fingerprint density at radius 2 is 2.00 bits per heavy atom. The summed E-state index contributed by atoms with van der Waals surface area (Å²) in [5, 5.41) is 17.3. The Labute approximate surface area is 85.5 Å². The molecule has 0 aromatic heterocycles. The minimum Gasteiger partial charge on any atom is -0.308 e. The largest absolute Gasteiger partial charge is 0.449 e. The Kier molecular flexibility index (Phi) is 2.77. The van der Waals surface area contributed by atoms with E-state index in [9.17, 15) is 13.2 Å². The second kappa shape index (κ2) is 3.48. The van der Waals surface area contributed by atoms with Gasteiger partial charge >= 0.3 is 6.18 Å². The van der Waals surface area contributed by atoms with Crippen LogP contribution in [0.2, 0.25) is 0 Å². The average Bonchev–Trinajstić information content (AvgIpc) is 1.99. The van der Waals surface area contributed by atoms with Gasteiger partial charge in [0.15, 0.2) is 0 Å². The molecule has 1 heterocycles. The highest BCUT2D eigenvalue weighted by Crippen LogP contribution is 2.26. The molecule has 0 saturated carbocycles. The molecule has 3 N–H and O–H groups in total. The fourth-order valence-corrected chi connectivity index (χ4v) is 1.57. The first-order valence-corrected chi connectivity index (χ1v) is 4.40. The third kappa shape index (κ3) is 2.28. The molecule has 1 rings (SSSR count). The Bertz CT molecular complexity index is 295. The van der Waals surface area contributed by atoms with E-state index in [1.54, 1.807) is 13.8 Å². The molecule has 4 nitrogen and oxygen atoms in total. The molecule has 86 valence electrons. The van der Waals surface area contributed by atoms with Crippen LogP contribution in [-0.4, -0.2) is 41.4 Å². The maximum atomic E-state index is 12.4. The van der Waals surface area contributed by atoms with Crippen molar-refractivity contribution in [2.75, 3.05) is 13.1 Å². The van der Waals surface area contributed by atoms with Crippen LogP contribution in [0.25, 0.3) is 0 Å². The Hall–Kier alpha value is -1.11. The predicted octanol–water partition coefficient (Wildman–Crippen LogP) is 1.19. The lowest BCUT2D eigenvalue weighted by Crippen LogP contribution is -2.64. The van der Waals surface area contributed by atoms with E-state index in [1.165, 1.54) is 0 Å². The SMILES string of the molecule is CC1(C)CNCC(=N)N1C(=N)C(F)(F)F. The van der Waals surface area contributed by atoms with Gasteiger partial charge in [-0.3, -0.25) is 10.8 Å². The summed E-state index contributed by atoms with van der Waals surface area (Å²) in [5.41, 5.74) is -0.901. The second-order valence-corrected chi connectivity index (χ2v) is 4.04. The van der Waals surface area contributed by atoms with Crippen molar-refractivity contribution in [2.24, 2.45) is 0 Å². The van der Waals surface area contributed by atoms with E-state index < -0.39 is 17.6 Å². The van der Waals surface area contributed by atoms with Crippen molar-refractivity contribution in [1.29, 1.82) is 10.8 Å². The molecule has 0 amide bonds. The van der Waals surface area contributed by atoms with Gasteiger partial charge in [0, 0.05) is 6.54 Å². The molecule has 0 aromatic rings. The van der Waals surface area contributed by atoms with Gasteiger partial charge < -0.3 is 10.2 Å². The lowest BCUT2D eigenvalue weighted by atomic mass is 9.99. The predicted molar refractivity (Wildman–Crippen MR) is 50.3 cm³/mol. The molecule has 0 unspecified atom stereocenters. The highest BCUT2D eigenvalue weighted by Gasteiger charge is 2.46. The molecular formula is C8H13F3N4. The fraction of sp³-hybridized carbons (Fsp3) is 0.750. The Balaban J connectivity index is 2.99. The highest BCUT2D eigenvalue weighted by molar-refractivity contribution is 6.02. The van der Waals surface area contributed by atoms with Crippen molar-refractivity contribution in [1.82, 2.24) is 10.2 Å². The fourth-order valence-electron chi connectivity index (χ4n) is 1.57. The van der Waals surface area contributed by atoms with Crippen LogP contribution in [0, 0.1) is 10.8 Å². The molecule has 1 fully saturated rings. The summed E-state index contributed by atoms with van der Waals surface area (Å²) in [6.07, 6.45) is -4.71. The van der Waals surface area contributed by atoms with Crippen LogP contribution in [0.15, 0.2) is 0 Å². The molecule has 0 bridgehead atoms. The molecule has 1 saturated heterocycles. The molecular weight excluding hydrogens is 209 g/mol. The molecule has 0 aromatic carbocycles. The number of piperazine rings is 1. The van der Waals surface area contributed by atoms with Crippen LogP contribution in [0.1, 0.15) is 13.8 Å². The lowest BCUT2D eigenvalue weighted by molar-refractivity contribution is -0.0706. The molecule has 0 spiro atoms. The summed E-state index contributed by atoms with van der Waals surface area (Å²) in [7, 11) is 0. The molecule has 15 heavy (non-hydrogen) atoms. The maximum absolute atomic E-state index is 12.4. The van der Waals surface area contributed by atoms with E-state index in [-0.39, 0.29) is 12.4 Å². The summed E-state index contributed by atoms with van der Waals surface area (Å²) in [5.74, 6) is -1.70. The average molecular weight is 222 g/mol. The number of nitrogens with zero attached hydrogens (tertiary/aromatic N) is 1. The van der Waals surface area contributed by atoms with E-state index in [0.717, 1.165) is 4.90 Å². The third-order valence-corrected chi connectivity index (χ3v) is 2.22. The zero-order valence-electron chi connectivity index (χ0n) is 8.50. The second-order valence-electron chi connectivity index (χ2n) is 4.04. The van der Waals surface area contributed by atoms with Crippen molar-refractivity contribution in [3.05, 3.63) is 0 Å². The Morgan fingerprint density at radius 1 is 1.47 bits per heavy atom. The monoisotopic (exact) mass is 222 g/mol. The van der Waals surface area contributed by atoms with Crippen LogP contribution in [0.4, 0.5) is 13.2 Å². The summed E-state index contributed by atoms with van der Waals surface area (Å²) >= 11 is 0. The van der Waals surface area contributed by atoms with Gasteiger partial charge in [0.1, 0.15) is 5.84 Å². The number of hydrogen-bond acceptors (Lipinski definition) is 3. The van der Waals surface area contributed by atoms with E-state index in [2.05, 4.69) is 5.32 Å². The summed E-state index contributed by atoms with van der Waals surface area (Å²) in [6.45, 7) is 3.50. The first-order chi connectivity index (χ1) is 6.66. The zero-order valence-corrected chi connectivity index (χ0v) is 8.50. The van der Waals surface area contributed by atoms with Crippen LogP contribution in [0.5, 0.6) is 0 Å². The van der Waals surface area contributed by atoms with Crippen molar-refractivity contribution in [2.45, 2.75) is 25.6 Å². The van der Waals surface area contributed by atoms with Gasteiger partial charge in [-0.25, -0.2) is 0 Å². The first kappa shape index (κ1) is 12.0. The van der Waals surface area contributed by atoms with E-state index >= 15 is 0 Å². The number of halogens is 3. The van der Waals surface area contributed by atoms with Crippen LogP contribution >= 0.6 is 0 Å². The first-order valence-electron chi connectivity index (χ1n) is 4.40. The van der Waals surface area contributed by atoms with Gasteiger partial charge in [0.25, 0.3) is 0 Å². The topological polar surface area (TPSA) is 63.0 Å². The van der Waals surface area contributed by atoms with E-state index in [4.69, 9.17) is 10.8 Å². The van der Waals surface area contributed by atoms with Crippen LogP contribution in [-0.2, 0) is 0 Å². The maximum Gasteiger partial charge on any atom is 0.449 e. The molecule has 1 aliphatic heterocycles. The van der Waals surface area contributed by atoms with Gasteiger partial charge in [-0.2, -0.15) is 13.2 Å². The molecule has 0 atom stereocenters. The van der Waals surface area contributed by atoms with Crippen LogP contribution in [0.3, 0.4) is 0 Å². The normalized spacial score (nSPS) is 21.7. The van der Waals surface area contributed by atoms with Gasteiger partial charge in [0.2, 0.25) is 5.84 Å². The van der Waals surface area contributed by atoms with Gasteiger partial charge in [-0.05, 0) is 13.8 Å². The van der Waals surface area contributed by atoms with Crippen molar-refractivity contribution < 1.29 is 13.2 Å². The number of nitrogens with one attached hydrogen (secondary N) is 3. The Morgan fingerprint density at radius 3 is 2.40 bits per heavy atom. The number of hydrogen-bond donors (Lipinski definition) is 3. The summed E-state index contributed by atoms with van der Waals surface area (Å²) < 4.78 is 37.1. The molecule has 0 radical (unpaired) electrons. The van der Waals surface area contributed by atoms with Crippen LogP contribution < -0.4 is 5.32 Å². The zero-order chi connectivity index (χ0) is 11.9. The molecule has 0 aliphatic carbocycles. The number of alkyl halides is 3. The smallest absolute Gasteiger partial charge is 0.308 e. The molecule has 1 aliphatic rings. The standard InChI is InChI=1S/C8H13F3N4/c1-7(2)4-14-3-5(12)15(7)6(13)8(9,10)11/h12-14H,3-4H2,1-2H3. The third-order valence-electron chi connectivity index (χ3n) is 2.22. The summed E-state index contributed by atoms with van der Waals surface area (Å²) in [6, 6.07) is 0. The van der Waals surface area contributed by atoms with E-state index in [1.807, 2.05) is 0 Å². The van der Waals surface area contributed by atoms with Gasteiger partial charge in [-0.1, -0.05) is 0 Å². The summed E-state index contributed by atoms with van der Waals surface area (Å²) in [4.78, 5) is 0.726. The number of amidine groups is 2. The van der Waals surface area contributed by atoms with Gasteiger partial charge in [-0.15, -0.1) is 0 Å². The van der Waals surface area contributed by atoms with Gasteiger partial charge in [0.05, 0.1) is 12.1 Å². The molecule has 7 heteroatoms. The number of rotatable bonds is 0. The lowest BCUT2D eigenvalue weighted by Gasteiger charge is -2.44. The van der Waals surface area contributed by atoms with Crippen molar-refractivity contribution in [3.8, 4) is 0 Å². The van der Waals surface area contributed by atoms with E-state index in [0.29, 0.717) is 6.54 Å². The highest BCUT2D eigenvalue weighted by atomic mass is 19.4. The minimum atomic E-state index is -4.71. The van der Waals surface area contributed by atoms with Crippen molar-refractivity contribution >= 4 is 11.7 Å². The quantitative estimate of drug-likeness (QED) is 0.426. The minimum absolute atomic E-state index is 0.0574.